The molecular weight excluding hydrogens is 757 g/mol. The maximum Gasteiger partial charge on any atom is 0.329 e. The summed E-state index contributed by atoms with van der Waals surface area (Å²) in [5, 5.41) is 46.1. The van der Waals surface area contributed by atoms with Gasteiger partial charge in [-0.25, -0.2) is 4.79 Å². The Balaban J connectivity index is 1.80. The van der Waals surface area contributed by atoms with Gasteiger partial charge in [-0.3, -0.25) is 9.59 Å². The molecule has 0 spiro atoms. The van der Waals surface area contributed by atoms with Crippen molar-refractivity contribution >= 4 is 23.4 Å². The van der Waals surface area contributed by atoms with Crippen LogP contribution in [0.2, 0.25) is 0 Å². The molecule has 2 bridgehead atoms. The standard InChI is InChI=1S/C46H73N2O11/c1-26(2)14-16-33-20-27(3)19-28(4)21-39(56-9)42-40(57-10)23-30(6)46(54,59-42)43(51)44(52)48-18-12-11-13-35(48)45(53)58-41(31(7)37(50)25-34(33)47)29(5)22-32-15-17-36(49)38(24-32)55-8/h14,20,22,28,30-33,35-42,49-50,54H,11-13,15-19,21,23-25H2,1-10H3/q-1/b27-20+,29-22+/t28-,30+,31+,32-,33+,35-,36+,37-,38+,39-,40-,41+,42+,46+/m0/s1. The van der Waals surface area contributed by atoms with Crippen LogP contribution in [0.4, 0.5) is 0 Å². The number of ether oxygens (including phenoxy) is 5. The maximum atomic E-state index is 14.4. The van der Waals surface area contributed by atoms with Crippen LogP contribution in [0.3, 0.4) is 0 Å². The third-order valence-corrected chi connectivity index (χ3v) is 13.3. The lowest BCUT2D eigenvalue weighted by Gasteiger charge is -2.47. The number of nitrogens with zero attached hydrogens (tertiary/aromatic N) is 2. The fraction of sp³-hybridized carbons (Fsp3) is 0.783. The molecule has 3 aliphatic heterocycles. The number of aliphatic hydroxyl groups is 3. The summed E-state index contributed by atoms with van der Waals surface area (Å²) in [7, 11) is 4.65. The molecule has 3 fully saturated rings. The number of piperidine rings is 1. The molecule has 0 aromatic rings. The number of rotatable bonds is 7. The van der Waals surface area contributed by atoms with Crippen molar-refractivity contribution in [1.82, 2.24) is 4.90 Å². The first-order valence-electron chi connectivity index (χ1n) is 21.8. The number of cyclic esters (lactones) is 1. The topological polar surface area (TPSA) is 184 Å². The molecule has 0 unspecified atom stereocenters. The Morgan fingerprint density at radius 1 is 0.915 bits per heavy atom. The third kappa shape index (κ3) is 12.2. The zero-order valence-corrected chi connectivity index (χ0v) is 37.2. The quantitative estimate of drug-likeness (QED) is 0.159. The fourth-order valence-corrected chi connectivity index (χ4v) is 9.62. The molecule has 13 nitrogen and oxygen atoms in total. The summed E-state index contributed by atoms with van der Waals surface area (Å²) in [6.45, 7) is 13.4. The summed E-state index contributed by atoms with van der Waals surface area (Å²) in [5.74, 6) is -7.30. The Morgan fingerprint density at radius 2 is 1.58 bits per heavy atom. The van der Waals surface area contributed by atoms with E-state index in [2.05, 4.69) is 13.0 Å². The third-order valence-electron chi connectivity index (χ3n) is 13.3. The zero-order chi connectivity index (χ0) is 43.8. The van der Waals surface area contributed by atoms with E-state index in [4.69, 9.17) is 23.7 Å². The van der Waals surface area contributed by atoms with Crippen LogP contribution in [-0.2, 0) is 38.1 Å². The number of aliphatic hydroxyl groups excluding tert-OH is 2. The van der Waals surface area contributed by atoms with Gasteiger partial charge in [0.05, 0.1) is 30.5 Å². The predicted octanol–water partition coefficient (Wildman–Crippen LogP) is 5.86. The predicted molar refractivity (Wildman–Crippen MR) is 225 cm³/mol. The molecule has 3 N–H and O–H groups in total. The molecule has 2 saturated heterocycles. The molecule has 1 saturated carbocycles. The second-order valence-electron chi connectivity index (χ2n) is 18.3. The van der Waals surface area contributed by atoms with Crippen LogP contribution in [-0.4, -0.2) is 126 Å². The van der Waals surface area contributed by atoms with Crippen molar-refractivity contribution in [3.63, 3.8) is 0 Å². The number of esters is 1. The van der Waals surface area contributed by atoms with Gasteiger partial charge < -0.3 is 49.3 Å². The number of ketones is 1. The lowest BCUT2D eigenvalue weighted by molar-refractivity contribution is -0.302. The summed E-state index contributed by atoms with van der Waals surface area (Å²) in [6.07, 6.45) is 6.01. The molecule has 0 aromatic heterocycles. The van der Waals surface area contributed by atoms with E-state index in [1.807, 2.05) is 39.8 Å². The van der Waals surface area contributed by atoms with Gasteiger partial charge in [0.25, 0.3) is 11.7 Å². The van der Waals surface area contributed by atoms with Gasteiger partial charge >= 0.3 is 5.97 Å². The average molecular weight is 830 g/mol. The highest BCUT2D eigenvalue weighted by atomic mass is 16.7. The number of carbonyl (C=O) groups excluding carboxylic acids is 3. The monoisotopic (exact) mass is 830 g/mol. The van der Waals surface area contributed by atoms with Crippen molar-refractivity contribution < 1.29 is 53.4 Å². The summed E-state index contributed by atoms with van der Waals surface area (Å²) in [6, 6.07) is -1.13. The molecule has 3 heterocycles. The van der Waals surface area contributed by atoms with E-state index in [0.717, 1.165) is 11.1 Å². The smallest absolute Gasteiger partial charge is 0.329 e. The Bertz CT molecular complexity index is 1560. The number of fused-ring (bicyclic) bond motifs is 3. The maximum absolute atomic E-state index is 14.4. The van der Waals surface area contributed by atoms with Crippen molar-refractivity contribution in [2.24, 2.45) is 29.6 Å². The van der Waals surface area contributed by atoms with Gasteiger partial charge in [-0.05, 0) is 122 Å². The number of carbonyl (C=O) groups is 3. The highest BCUT2D eigenvalue weighted by Gasteiger charge is 2.56. The van der Waals surface area contributed by atoms with Crippen molar-refractivity contribution in [2.45, 2.75) is 174 Å². The van der Waals surface area contributed by atoms with Crippen molar-refractivity contribution in [2.75, 3.05) is 27.9 Å². The van der Waals surface area contributed by atoms with E-state index in [1.54, 1.807) is 28.1 Å². The first kappa shape index (κ1) is 48.9. The molecule has 4 rings (SSSR count). The Kier molecular flexibility index (Phi) is 18.1. The molecule has 334 valence electrons. The Labute approximate surface area is 352 Å². The minimum absolute atomic E-state index is 0.00306. The van der Waals surface area contributed by atoms with E-state index >= 15 is 0 Å². The number of methoxy groups -OCH3 is 3. The van der Waals surface area contributed by atoms with Gasteiger partial charge in [0.2, 0.25) is 5.79 Å². The van der Waals surface area contributed by atoms with Crippen molar-refractivity contribution in [3.05, 3.63) is 40.4 Å². The van der Waals surface area contributed by atoms with Crippen LogP contribution >= 0.6 is 0 Å². The highest BCUT2D eigenvalue weighted by Crippen LogP contribution is 2.39. The molecule has 1 amide bonds. The zero-order valence-electron chi connectivity index (χ0n) is 37.2. The van der Waals surface area contributed by atoms with Crippen LogP contribution < -0.4 is 0 Å². The van der Waals surface area contributed by atoms with E-state index < -0.39 is 83.9 Å². The molecule has 14 atom stereocenters. The minimum atomic E-state index is -2.50. The number of hydrogen-bond donors (Lipinski definition) is 3. The van der Waals surface area contributed by atoms with E-state index in [0.29, 0.717) is 56.9 Å². The summed E-state index contributed by atoms with van der Waals surface area (Å²) >= 11 is 0. The lowest BCUT2D eigenvalue weighted by atomic mass is 9.81. The highest BCUT2D eigenvalue weighted by molar-refractivity contribution is 6.39. The van der Waals surface area contributed by atoms with E-state index in [9.17, 15) is 35.1 Å². The fourth-order valence-electron chi connectivity index (χ4n) is 9.62. The Hall–Kier alpha value is -2.78. The van der Waals surface area contributed by atoms with Crippen LogP contribution in [0, 0.1) is 29.6 Å². The normalized spacial score (nSPS) is 39.9. The van der Waals surface area contributed by atoms with Gasteiger partial charge in [0.15, 0.2) is 0 Å². The van der Waals surface area contributed by atoms with Gasteiger partial charge in [-0.1, -0.05) is 50.1 Å². The lowest BCUT2D eigenvalue weighted by Crippen LogP contribution is -2.64. The first-order chi connectivity index (χ1) is 27.8. The van der Waals surface area contributed by atoms with Crippen LogP contribution in [0.15, 0.2) is 34.9 Å². The summed E-state index contributed by atoms with van der Waals surface area (Å²) in [5.41, 5.74) is 2.91. The number of allylic oxidation sites excluding steroid dienone is 5. The van der Waals surface area contributed by atoms with Crippen molar-refractivity contribution in [1.29, 1.82) is 0 Å². The van der Waals surface area contributed by atoms with Crippen LogP contribution in [0.5, 0.6) is 0 Å². The molecule has 4 aliphatic rings. The molecule has 1 aliphatic carbocycles. The molecule has 0 aromatic carbocycles. The average Bonchev–Trinajstić information content (AvgIpc) is 3.20. The van der Waals surface area contributed by atoms with Crippen LogP contribution in [0.25, 0.3) is 5.41 Å². The van der Waals surface area contributed by atoms with E-state index in [1.165, 1.54) is 12.0 Å². The van der Waals surface area contributed by atoms with Crippen LogP contribution in [0.1, 0.15) is 119 Å². The molecule has 13 heteroatoms. The van der Waals surface area contributed by atoms with Gasteiger partial charge in [-0.2, -0.15) is 5.71 Å². The number of amides is 1. The van der Waals surface area contributed by atoms with Crippen molar-refractivity contribution in [3.8, 4) is 0 Å². The minimum Gasteiger partial charge on any atom is -0.811 e. The molecular formula is C46H73N2O11-. The summed E-state index contributed by atoms with van der Waals surface area (Å²) < 4.78 is 29.9. The SMILES string of the molecule is CO[C@H]1C[C@@H](C)C/C(C)=C/[C@@H](CC=C(C)C)C(=[N-])C[C@H](O)[C@@H](C)[C@@H](/C(C)=C/[C@@H]2CC[C@@H](O)[C@H](OC)C2)OC(=O)[C@@H]2CCCCN2C(=O)C(=O)[C@]2(O)O[C@H]1[C@@H](OC)C[C@H]2C. The van der Waals surface area contributed by atoms with E-state index in [-0.39, 0.29) is 49.5 Å². The molecule has 59 heavy (non-hydrogen) atoms. The number of hydrogen-bond acceptors (Lipinski definition) is 11. The second kappa shape index (κ2) is 21.8. The molecule has 0 radical (unpaired) electrons. The van der Waals surface area contributed by atoms with Gasteiger partial charge in [0.1, 0.15) is 18.2 Å². The van der Waals surface area contributed by atoms with Gasteiger partial charge in [-0.15, -0.1) is 0 Å². The van der Waals surface area contributed by atoms with Gasteiger partial charge in [0, 0.05) is 39.7 Å². The first-order valence-corrected chi connectivity index (χ1v) is 21.8. The number of Topliss-reactive ketones (excluding diaryl/α,β-unsaturated/α-hetero) is 1. The Morgan fingerprint density at radius 3 is 2.22 bits per heavy atom. The largest absolute Gasteiger partial charge is 0.811 e. The second-order valence-corrected chi connectivity index (χ2v) is 18.3. The summed E-state index contributed by atoms with van der Waals surface area (Å²) in [4.78, 5) is 44.1.